The van der Waals surface area contributed by atoms with Gasteiger partial charge in [0.2, 0.25) is 5.75 Å². The Morgan fingerprint density at radius 1 is 1.05 bits per heavy atom. The van der Waals surface area contributed by atoms with E-state index < -0.39 is 17.8 Å². The van der Waals surface area contributed by atoms with E-state index in [1.165, 1.54) is 45.8 Å². The molecule has 0 bridgehead atoms. The Balaban J connectivity index is 0.00000156. The molecule has 37 heavy (non-hydrogen) atoms. The van der Waals surface area contributed by atoms with E-state index in [0.29, 0.717) is 52.4 Å². The van der Waals surface area contributed by atoms with Gasteiger partial charge in [-0.15, -0.1) is 11.6 Å². The van der Waals surface area contributed by atoms with E-state index in [2.05, 4.69) is 21.9 Å². The smallest absolute Gasteiger partial charge is 0.336 e. The summed E-state index contributed by atoms with van der Waals surface area (Å²) in [5, 5.41) is 14.0. The van der Waals surface area contributed by atoms with Crippen LogP contribution in [0.2, 0.25) is 0 Å². The maximum atomic E-state index is 13.5. The zero-order valence-electron chi connectivity index (χ0n) is 20.9. The van der Waals surface area contributed by atoms with Gasteiger partial charge in [-0.3, -0.25) is 9.59 Å². The number of fused-ring (bicyclic) bond motifs is 4. The van der Waals surface area contributed by atoms with Gasteiger partial charge < -0.3 is 39.3 Å². The number of amides is 1. The Morgan fingerprint density at radius 2 is 1.76 bits per heavy atom. The second-order valence-corrected chi connectivity index (χ2v) is 8.11. The van der Waals surface area contributed by atoms with Gasteiger partial charge in [0, 0.05) is 24.4 Å². The number of aromatic nitrogens is 1. The van der Waals surface area contributed by atoms with Crippen molar-refractivity contribution in [1.82, 2.24) is 4.98 Å². The first-order valence-electron chi connectivity index (χ1n) is 11.1. The van der Waals surface area contributed by atoms with Crippen LogP contribution in [0.1, 0.15) is 26.4 Å². The number of halogens is 1. The number of ketones is 1. The van der Waals surface area contributed by atoms with Crippen molar-refractivity contribution in [3.63, 3.8) is 0 Å². The van der Waals surface area contributed by atoms with Gasteiger partial charge in [0.25, 0.3) is 5.91 Å². The molecular formula is C25H26ClN3O8. The summed E-state index contributed by atoms with van der Waals surface area (Å²) in [5.74, 6) is -0.600. The highest BCUT2D eigenvalue weighted by atomic mass is 35.5. The van der Waals surface area contributed by atoms with Crippen LogP contribution in [0.4, 0.5) is 11.4 Å². The minimum Gasteiger partial charge on any atom is -0.506 e. The van der Waals surface area contributed by atoms with E-state index in [4.69, 9.17) is 18.9 Å². The molecule has 0 unspecified atom stereocenters. The van der Waals surface area contributed by atoms with Gasteiger partial charge in [0.05, 0.1) is 50.9 Å². The summed E-state index contributed by atoms with van der Waals surface area (Å²) < 4.78 is 21.0. The molecule has 2 aliphatic rings. The fraction of sp³-hybridized carbons (Fsp3) is 0.320. The molecule has 1 amide bonds. The Bertz CT molecular complexity index is 1420. The standard InChI is InChI=1S/C24H23N3O8.CH3Cl/c1-32-15-8-10-7-12(25-17(10)22(34-3)21(15)33-2)23(30)27-6-5-11-13(27)9-14(28)18-16(11)20(29)19(26-18)24(31)35-4;1-2/h7-9,19,25-26,28H,5-6H2,1-4H3;1H3/t19-;/m1./s1. The van der Waals surface area contributed by atoms with Crippen molar-refractivity contribution in [1.29, 1.82) is 0 Å². The number of rotatable bonds is 5. The summed E-state index contributed by atoms with van der Waals surface area (Å²) in [7, 11) is 5.68. The van der Waals surface area contributed by atoms with E-state index in [1.54, 1.807) is 12.1 Å². The minimum atomic E-state index is -1.23. The Hall–Kier alpha value is -4.12. The number of hydrogen-bond acceptors (Lipinski definition) is 9. The third-order valence-electron chi connectivity index (χ3n) is 6.40. The summed E-state index contributed by atoms with van der Waals surface area (Å²) in [6.45, 7) is 0.291. The minimum absolute atomic E-state index is 0.174. The molecule has 0 saturated carbocycles. The SMILES string of the molecule is CCl.COC(=O)[C@@H]1Nc2c(O)cc3c(c2C1=O)CCN3C(=O)c1cc2cc(OC)c(OC)c(OC)c2[nH]1. The number of carbonyl (C=O) groups is 3. The number of Topliss-reactive ketones (excluding diaryl/α,β-unsaturated/α-hetero) is 1. The van der Waals surface area contributed by atoms with Gasteiger partial charge >= 0.3 is 5.97 Å². The normalized spacial score (nSPS) is 15.4. The summed E-state index contributed by atoms with van der Waals surface area (Å²) in [5.41, 5.74) is 2.22. The predicted octanol–water partition coefficient (Wildman–Crippen LogP) is 3.11. The Morgan fingerprint density at radius 3 is 2.38 bits per heavy atom. The molecule has 3 aromatic rings. The number of H-pyrrole nitrogens is 1. The largest absolute Gasteiger partial charge is 0.506 e. The van der Waals surface area contributed by atoms with Crippen LogP contribution >= 0.6 is 11.6 Å². The molecule has 2 aromatic carbocycles. The maximum absolute atomic E-state index is 13.5. The van der Waals surface area contributed by atoms with Crippen LogP contribution in [0.5, 0.6) is 23.0 Å². The second-order valence-electron chi connectivity index (χ2n) is 8.11. The lowest BCUT2D eigenvalue weighted by Gasteiger charge is -2.17. The number of aromatic amines is 1. The molecule has 11 nitrogen and oxygen atoms in total. The first kappa shape index (κ1) is 26.0. The zero-order valence-corrected chi connectivity index (χ0v) is 21.6. The fourth-order valence-electron chi connectivity index (χ4n) is 4.81. The van der Waals surface area contributed by atoms with Gasteiger partial charge in [-0.05, 0) is 24.1 Å². The molecule has 2 aliphatic heterocycles. The highest BCUT2D eigenvalue weighted by Crippen LogP contribution is 2.46. The third-order valence-corrected chi connectivity index (χ3v) is 6.40. The van der Waals surface area contributed by atoms with E-state index >= 15 is 0 Å². The lowest BCUT2D eigenvalue weighted by molar-refractivity contribution is -0.140. The van der Waals surface area contributed by atoms with Crippen LogP contribution in [-0.4, -0.2) is 75.2 Å². The van der Waals surface area contributed by atoms with Crippen molar-refractivity contribution in [2.75, 3.05) is 51.6 Å². The lowest BCUT2D eigenvalue weighted by Crippen LogP contribution is -2.33. The first-order chi connectivity index (χ1) is 17.8. The second kappa shape index (κ2) is 10.1. The van der Waals surface area contributed by atoms with Crippen LogP contribution < -0.4 is 24.4 Å². The van der Waals surface area contributed by atoms with E-state index in [0.717, 1.165) is 0 Å². The first-order valence-corrected chi connectivity index (χ1v) is 11.9. The van der Waals surface area contributed by atoms with Gasteiger partial charge in [-0.25, -0.2) is 4.79 Å². The predicted molar refractivity (Wildman–Crippen MR) is 137 cm³/mol. The molecule has 196 valence electrons. The van der Waals surface area contributed by atoms with E-state index in [9.17, 15) is 19.5 Å². The van der Waals surface area contributed by atoms with Crippen molar-refractivity contribution in [2.24, 2.45) is 0 Å². The Kier molecular flexibility index (Phi) is 7.08. The van der Waals surface area contributed by atoms with Crippen molar-refractivity contribution in [3.8, 4) is 23.0 Å². The highest BCUT2D eigenvalue weighted by Gasteiger charge is 2.43. The molecule has 3 N–H and O–H groups in total. The van der Waals surface area contributed by atoms with Crippen molar-refractivity contribution in [3.05, 3.63) is 35.0 Å². The summed E-state index contributed by atoms with van der Waals surface area (Å²) >= 11 is 4.64. The number of nitrogens with one attached hydrogen (secondary N) is 2. The number of benzene rings is 2. The molecule has 0 saturated heterocycles. The Labute approximate surface area is 217 Å². The number of alkyl halides is 1. The average Bonchev–Trinajstić information content (AvgIpc) is 3.63. The number of aromatic hydroxyl groups is 1. The summed E-state index contributed by atoms with van der Waals surface area (Å²) in [6.07, 6.45) is 1.86. The molecule has 3 heterocycles. The topological polar surface area (TPSA) is 139 Å². The monoisotopic (exact) mass is 531 g/mol. The summed E-state index contributed by atoms with van der Waals surface area (Å²) in [4.78, 5) is 43.1. The molecule has 0 fully saturated rings. The number of nitrogens with zero attached hydrogens (tertiary/aromatic N) is 1. The van der Waals surface area contributed by atoms with Crippen LogP contribution in [-0.2, 0) is 16.0 Å². The molecule has 5 rings (SSSR count). The number of methoxy groups -OCH3 is 4. The number of ether oxygens (including phenoxy) is 4. The van der Waals surface area contributed by atoms with Crippen molar-refractivity contribution < 1.29 is 38.4 Å². The lowest BCUT2D eigenvalue weighted by atomic mass is 9.99. The molecule has 1 atom stereocenters. The third kappa shape index (κ3) is 3.95. The molecule has 0 spiro atoms. The van der Waals surface area contributed by atoms with Crippen LogP contribution in [0.25, 0.3) is 10.9 Å². The number of phenols is 1. The highest BCUT2D eigenvalue weighted by molar-refractivity contribution is 6.23. The van der Waals surface area contributed by atoms with Gasteiger partial charge in [0.1, 0.15) is 11.4 Å². The van der Waals surface area contributed by atoms with Crippen molar-refractivity contribution >= 4 is 51.5 Å². The number of anilines is 2. The van der Waals surface area contributed by atoms with Crippen LogP contribution in [0.3, 0.4) is 0 Å². The van der Waals surface area contributed by atoms with E-state index in [-0.39, 0.29) is 28.6 Å². The number of hydrogen-bond donors (Lipinski definition) is 3. The molecule has 0 radical (unpaired) electrons. The quantitative estimate of drug-likeness (QED) is 0.196. The number of carbonyl (C=O) groups excluding carboxylic acids is 3. The van der Waals surface area contributed by atoms with Gasteiger partial charge in [-0.2, -0.15) is 0 Å². The molecular weight excluding hydrogens is 506 g/mol. The molecule has 0 aliphatic carbocycles. The van der Waals surface area contributed by atoms with Crippen molar-refractivity contribution in [2.45, 2.75) is 12.5 Å². The molecule has 1 aromatic heterocycles. The number of phenolic OH excluding ortho intramolecular Hbond substituents is 1. The van der Waals surface area contributed by atoms with Gasteiger partial charge in [-0.1, -0.05) is 0 Å². The van der Waals surface area contributed by atoms with Crippen LogP contribution in [0.15, 0.2) is 18.2 Å². The maximum Gasteiger partial charge on any atom is 0.336 e. The van der Waals surface area contributed by atoms with Crippen LogP contribution in [0, 0.1) is 0 Å². The van der Waals surface area contributed by atoms with E-state index in [1.807, 2.05) is 0 Å². The average molecular weight is 532 g/mol. The summed E-state index contributed by atoms with van der Waals surface area (Å²) in [6, 6.07) is 3.60. The zero-order chi connectivity index (χ0) is 27.0. The van der Waals surface area contributed by atoms with Gasteiger partial charge in [0.15, 0.2) is 23.3 Å². The number of esters is 1. The fourth-order valence-corrected chi connectivity index (χ4v) is 4.81. The molecule has 12 heteroatoms.